The number of amides is 1. The van der Waals surface area contributed by atoms with E-state index in [1.165, 1.54) is 5.56 Å². The first kappa shape index (κ1) is 21.8. The number of likely N-dealkylation sites (tertiary alicyclic amines) is 1. The van der Waals surface area contributed by atoms with E-state index in [0.29, 0.717) is 13.0 Å². The molecule has 31 heavy (non-hydrogen) atoms. The second kappa shape index (κ2) is 10.2. The van der Waals surface area contributed by atoms with E-state index >= 15 is 0 Å². The number of thiophene rings is 1. The van der Waals surface area contributed by atoms with Crippen LogP contribution in [0.2, 0.25) is 0 Å². The fourth-order valence-corrected chi connectivity index (χ4v) is 5.27. The van der Waals surface area contributed by atoms with E-state index in [4.69, 9.17) is 4.74 Å². The Bertz CT molecular complexity index is 936. The van der Waals surface area contributed by atoms with Gasteiger partial charge >= 0.3 is 0 Å². The Morgan fingerprint density at radius 3 is 2.29 bits per heavy atom. The molecule has 2 heterocycles. The molecule has 5 heteroatoms. The summed E-state index contributed by atoms with van der Waals surface area (Å²) in [6.45, 7) is 3.36. The molecule has 1 aliphatic heterocycles. The first-order valence-corrected chi connectivity index (χ1v) is 11.7. The molecule has 0 N–H and O–H groups in total. The Hall–Kier alpha value is -2.47. The van der Waals surface area contributed by atoms with Crippen LogP contribution in [0.15, 0.2) is 78.2 Å². The number of ether oxygens (including phenoxy) is 1. The number of methoxy groups -OCH3 is 1. The number of hydrogen-bond donors (Lipinski definition) is 0. The maximum atomic E-state index is 13.6. The average molecular weight is 435 g/mol. The van der Waals surface area contributed by atoms with Gasteiger partial charge in [-0.25, -0.2) is 0 Å². The van der Waals surface area contributed by atoms with Gasteiger partial charge in [0.15, 0.2) is 0 Å². The van der Waals surface area contributed by atoms with Gasteiger partial charge < -0.3 is 9.64 Å². The molecule has 1 aromatic heterocycles. The van der Waals surface area contributed by atoms with Crippen LogP contribution >= 0.6 is 11.3 Å². The van der Waals surface area contributed by atoms with E-state index in [1.807, 2.05) is 52.7 Å². The van der Waals surface area contributed by atoms with Gasteiger partial charge in [-0.3, -0.25) is 9.69 Å². The van der Waals surface area contributed by atoms with Crippen LogP contribution in [0.1, 0.15) is 23.3 Å². The average Bonchev–Trinajstić information content (AvgIpc) is 3.30. The minimum absolute atomic E-state index is 0.141. The highest BCUT2D eigenvalue weighted by molar-refractivity contribution is 7.10. The predicted molar refractivity (Wildman–Crippen MR) is 128 cm³/mol. The third-order valence-electron chi connectivity index (χ3n) is 6.09. The molecule has 2 aromatic carbocycles. The fourth-order valence-electron chi connectivity index (χ4n) is 4.57. The molecule has 1 amide bonds. The topological polar surface area (TPSA) is 32.8 Å². The number of carbonyl (C=O) groups is 1. The quantitative estimate of drug-likeness (QED) is 0.500. The Balaban J connectivity index is 1.57. The van der Waals surface area contributed by atoms with E-state index in [2.05, 4.69) is 35.2 Å². The molecule has 162 valence electrons. The lowest BCUT2D eigenvalue weighted by Gasteiger charge is -2.48. The number of nitrogens with zero attached hydrogens (tertiary/aromatic N) is 2. The zero-order valence-electron chi connectivity index (χ0n) is 18.1. The fraction of sp³-hybridized carbons (Fsp3) is 0.346. The molecule has 1 aliphatic rings. The Labute approximate surface area is 189 Å². The van der Waals surface area contributed by atoms with Crippen molar-refractivity contribution in [3.8, 4) is 0 Å². The van der Waals surface area contributed by atoms with Crippen molar-refractivity contribution >= 4 is 22.9 Å². The van der Waals surface area contributed by atoms with Gasteiger partial charge in [0.05, 0.1) is 18.6 Å². The normalized spacial score (nSPS) is 16.2. The van der Waals surface area contributed by atoms with Crippen molar-refractivity contribution in [2.45, 2.75) is 31.3 Å². The van der Waals surface area contributed by atoms with Gasteiger partial charge in [0.25, 0.3) is 0 Å². The van der Waals surface area contributed by atoms with Crippen molar-refractivity contribution in [3.05, 3.63) is 88.6 Å². The van der Waals surface area contributed by atoms with E-state index in [-0.39, 0.29) is 11.4 Å². The third kappa shape index (κ3) is 5.24. The Kier molecular flexibility index (Phi) is 7.17. The Morgan fingerprint density at radius 1 is 1.00 bits per heavy atom. The molecule has 1 saturated heterocycles. The summed E-state index contributed by atoms with van der Waals surface area (Å²) in [5.74, 6) is 0.141. The predicted octanol–water partition coefficient (Wildman–Crippen LogP) is 5.01. The molecule has 0 aliphatic carbocycles. The largest absolute Gasteiger partial charge is 0.382 e. The maximum Gasteiger partial charge on any atom is 0.232 e. The van der Waals surface area contributed by atoms with Crippen LogP contribution in [0.3, 0.4) is 0 Å². The van der Waals surface area contributed by atoms with Crippen LogP contribution < -0.4 is 4.90 Å². The lowest BCUT2D eigenvalue weighted by atomic mass is 9.85. The SMILES string of the molecule is COCC1(N(C(=O)Cc2cccs2)c2ccccc2)CCN(Cc2ccccc2)CC1. The Morgan fingerprint density at radius 2 is 1.68 bits per heavy atom. The van der Waals surface area contributed by atoms with Crippen molar-refractivity contribution < 1.29 is 9.53 Å². The minimum Gasteiger partial charge on any atom is -0.382 e. The van der Waals surface area contributed by atoms with Crippen LogP contribution in [0.4, 0.5) is 5.69 Å². The van der Waals surface area contributed by atoms with E-state index < -0.39 is 0 Å². The first-order valence-electron chi connectivity index (χ1n) is 10.9. The van der Waals surface area contributed by atoms with Crippen molar-refractivity contribution in [1.82, 2.24) is 4.90 Å². The van der Waals surface area contributed by atoms with Gasteiger partial charge in [-0.2, -0.15) is 0 Å². The van der Waals surface area contributed by atoms with Crippen molar-refractivity contribution in [3.63, 3.8) is 0 Å². The zero-order valence-corrected chi connectivity index (χ0v) is 18.9. The number of benzene rings is 2. The van der Waals surface area contributed by atoms with Crippen LogP contribution in [-0.2, 0) is 22.5 Å². The highest BCUT2D eigenvalue weighted by Gasteiger charge is 2.43. The number of para-hydroxylation sites is 1. The van der Waals surface area contributed by atoms with Crippen LogP contribution in [0.5, 0.6) is 0 Å². The second-order valence-corrected chi connectivity index (χ2v) is 9.27. The van der Waals surface area contributed by atoms with Crippen molar-refractivity contribution in [2.75, 3.05) is 31.7 Å². The van der Waals surface area contributed by atoms with Gasteiger partial charge in [0, 0.05) is 37.3 Å². The van der Waals surface area contributed by atoms with Gasteiger partial charge in [0.2, 0.25) is 5.91 Å². The standard InChI is InChI=1S/C26H30N2O2S/c1-30-21-26(14-16-27(17-15-26)20-22-9-4-2-5-10-22)28(23-11-6-3-7-12-23)25(29)19-24-13-8-18-31-24/h2-13,18H,14-17,19-21H2,1H3. The maximum absolute atomic E-state index is 13.6. The molecule has 4 rings (SSSR count). The first-order chi connectivity index (χ1) is 15.2. The minimum atomic E-state index is -0.336. The smallest absolute Gasteiger partial charge is 0.232 e. The number of anilines is 1. The molecule has 1 fully saturated rings. The van der Waals surface area contributed by atoms with Crippen LogP contribution in [0, 0.1) is 0 Å². The van der Waals surface area contributed by atoms with Crippen LogP contribution in [-0.4, -0.2) is 43.2 Å². The molecular weight excluding hydrogens is 404 g/mol. The number of rotatable bonds is 8. The summed E-state index contributed by atoms with van der Waals surface area (Å²) < 4.78 is 5.72. The second-order valence-electron chi connectivity index (χ2n) is 8.24. The van der Waals surface area contributed by atoms with Gasteiger partial charge in [-0.15, -0.1) is 11.3 Å². The lowest BCUT2D eigenvalue weighted by molar-refractivity contribution is -0.120. The molecule has 0 radical (unpaired) electrons. The highest BCUT2D eigenvalue weighted by atomic mass is 32.1. The summed E-state index contributed by atoms with van der Waals surface area (Å²) in [6.07, 6.45) is 2.20. The number of piperidine rings is 1. The molecule has 3 aromatic rings. The molecule has 0 unspecified atom stereocenters. The summed E-state index contributed by atoms with van der Waals surface area (Å²) >= 11 is 1.64. The lowest BCUT2D eigenvalue weighted by Crippen LogP contribution is -2.60. The zero-order chi connectivity index (χ0) is 21.5. The summed E-state index contributed by atoms with van der Waals surface area (Å²) in [5, 5.41) is 2.03. The molecular formula is C26H30N2O2S. The van der Waals surface area contributed by atoms with Crippen LogP contribution in [0.25, 0.3) is 0 Å². The van der Waals surface area contributed by atoms with Crippen molar-refractivity contribution in [2.24, 2.45) is 0 Å². The number of hydrogen-bond acceptors (Lipinski definition) is 4. The van der Waals surface area contributed by atoms with Gasteiger partial charge in [0.1, 0.15) is 0 Å². The highest BCUT2D eigenvalue weighted by Crippen LogP contribution is 2.35. The molecule has 0 saturated carbocycles. The summed E-state index contributed by atoms with van der Waals surface area (Å²) in [7, 11) is 1.74. The monoisotopic (exact) mass is 434 g/mol. The van der Waals surface area contributed by atoms with Gasteiger partial charge in [-0.05, 0) is 42.0 Å². The molecule has 0 spiro atoms. The third-order valence-corrected chi connectivity index (χ3v) is 6.97. The molecule has 4 nitrogen and oxygen atoms in total. The summed E-state index contributed by atoms with van der Waals surface area (Å²) in [6, 6.07) is 24.7. The summed E-state index contributed by atoms with van der Waals surface area (Å²) in [5.41, 5.74) is 1.95. The van der Waals surface area contributed by atoms with E-state index in [1.54, 1.807) is 18.4 Å². The van der Waals surface area contributed by atoms with E-state index in [9.17, 15) is 4.79 Å². The number of carbonyl (C=O) groups excluding carboxylic acids is 1. The summed E-state index contributed by atoms with van der Waals surface area (Å²) in [4.78, 5) is 19.2. The van der Waals surface area contributed by atoms with Crippen molar-refractivity contribution in [1.29, 1.82) is 0 Å². The molecule has 0 bridgehead atoms. The van der Waals surface area contributed by atoms with Gasteiger partial charge in [-0.1, -0.05) is 54.6 Å². The van der Waals surface area contributed by atoms with E-state index in [0.717, 1.165) is 43.0 Å². The molecule has 0 atom stereocenters.